The number of sulfonamides is 1. The van der Waals surface area contributed by atoms with E-state index in [1.807, 2.05) is 6.92 Å². The van der Waals surface area contributed by atoms with Crippen LogP contribution in [0.4, 0.5) is 0 Å². The van der Waals surface area contributed by atoms with Crippen LogP contribution in [0.5, 0.6) is 0 Å². The molecule has 0 spiro atoms. The van der Waals surface area contributed by atoms with Gasteiger partial charge in [-0.05, 0) is 24.1 Å². The van der Waals surface area contributed by atoms with E-state index in [0.717, 1.165) is 12.3 Å². The summed E-state index contributed by atoms with van der Waals surface area (Å²) in [5.74, 6) is -1.79. The Morgan fingerprint density at radius 1 is 1.29 bits per heavy atom. The molecule has 0 fully saturated rings. The molecule has 1 aromatic rings. The van der Waals surface area contributed by atoms with Gasteiger partial charge in [0, 0.05) is 11.3 Å². The Balaban J connectivity index is 3.26. The second kappa shape index (κ2) is 8.28. The van der Waals surface area contributed by atoms with Gasteiger partial charge >= 0.3 is 5.97 Å². The van der Waals surface area contributed by atoms with Gasteiger partial charge in [-0.2, -0.15) is 4.72 Å². The molecule has 0 aliphatic heterocycles. The van der Waals surface area contributed by atoms with Gasteiger partial charge in [0.1, 0.15) is 6.04 Å². The van der Waals surface area contributed by atoms with E-state index in [-0.39, 0.29) is 21.9 Å². The lowest BCUT2D eigenvalue weighted by molar-refractivity contribution is -0.139. The standard InChI is InChI=1S/C14H20ClNO6S2/c1-3-4-5-12(14(17)18)16-24(21,22)13-8-11(15)7-6-10(13)9-23(2,19)20/h6-8,12,16H,3-5,9H2,1-2H3,(H,17,18)/t12-/m0/s1. The summed E-state index contributed by atoms with van der Waals surface area (Å²) in [6.07, 6.45) is 2.35. The number of rotatable bonds is 9. The van der Waals surface area contributed by atoms with Crippen molar-refractivity contribution in [1.82, 2.24) is 4.72 Å². The third kappa shape index (κ3) is 6.39. The minimum atomic E-state index is -4.24. The molecule has 2 N–H and O–H groups in total. The summed E-state index contributed by atoms with van der Waals surface area (Å²) in [7, 11) is -7.72. The molecule has 24 heavy (non-hydrogen) atoms. The van der Waals surface area contributed by atoms with Gasteiger partial charge in [-0.3, -0.25) is 4.79 Å². The minimum Gasteiger partial charge on any atom is -0.480 e. The van der Waals surface area contributed by atoms with Crippen molar-refractivity contribution in [2.24, 2.45) is 0 Å². The Labute approximate surface area is 147 Å². The quantitative estimate of drug-likeness (QED) is 0.656. The lowest BCUT2D eigenvalue weighted by Crippen LogP contribution is -2.41. The van der Waals surface area contributed by atoms with Gasteiger partial charge in [-0.1, -0.05) is 37.4 Å². The molecule has 0 saturated heterocycles. The molecule has 1 rings (SSSR count). The molecule has 7 nitrogen and oxygen atoms in total. The maximum Gasteiger partial charge on any atom is 0.321 e. The molecule has 0 unspecified atom stereocenters. The first-order valence-electron chi connectivity index (χ1n) is 7.17. The molecule has 1 aromatic carbocycles. The van der Waals surface area contributed by atoms with Crippen molar-refractivity contribution < 1.29 is 26.7 Å². The van der Waals surface area contributed by atoms with Crippen LogP contribution >= 0.6 is 11.6 Å². The number of benzene rings is 1. The first-order chi connectivity index (χ1) is 11.0. The highest BCUT2D eigenvalue weighted by molar-refractivity contribution is 7.90. The number of unbranched alkanes of at least 4 members (excludes halogenated alkanes) is 1. The maximum atomic E-state index is 12.5. The van der Waals surface area contributed by atoms with Crippen molar-refractivity contribution in [2.45, 2.75) is 42.9 Å². The lowest BCUT2D eigenvalue weighted by atomic mass is 10.1. The number of carbonyl (C=O) groups is 1. The molecule has 0 aliphatic rings. The Kier molecular flexibility index (Phi) is 7.21. The van der Waals surface area contributed by atoms with Crippen LogP contribution in [0.2, 0.25) is 5.02 Å². The zero-order chi connectivity index (χ0) is 18.5. The molecule has 0 heterocycles. The Morgan fingerprint density at radius 3 is 2.42 bits per heavy atom. The second-order valence-corrected chi connectivity index (χ2v) is 9.74. The number of carboxylic acids is 1. The minimum absolute atomic E-state index is 0.0361. The summed E-state index contributed by atoms with van der Waals surface area (Å²) >= 11 is 5.82. The number of nitrogens with one attached hydrogen (secondary N) is 1. The Bertz CT molecular complexity index is 805. The second-order valence-electron chi connectivity index (χ2n) is 5.48. The van der Waals surface area contributed by atoms with Crippen molar-refractivity contribution >= 4 is 37.4 Å². The van der Waals surface area contributed by atoms with E-state index in [2.05, 4.69) is 4.72 Å². The SMILES string of the molecule is CCCC[C@H](NS(=O)(=O)c1cc(Cl)ccc1CS(C)(=O)=O)C(=O)O. The molecule has 0 bridgehead atoms. The molecule has 10 heteroatoms. The van der Waals surface area contributed by atoms with Crippen LogP contribution in [0.3, 0.4) is 0 Å². The third-order valence-corrected chi connectivity index (χ3v) is 5.80. The average Bonchev–Trinajstić information content (AvgIpc) is 2.43. The lowest BCUT2D eigenvalue weighted by Gasteiger charge is -2.16. The summed E-state index contributed by atoms with van der Waals surface area (Å²) in [6, 6.07) is 2.51. The van der Waals surface area contributed by atoms with Gasteiger partial charge in [0.25, 0.3) is 0 Å². The van der Waals surface area contributed by atoms with Crippen LogP contribution in [0, 0.1) is 0 Å². The number of carboxylic acid groups (broad SMARTS) is 1. The summed E-state index contributed by atoms with van der Waals surface area (Å²) in [5, 5.41) is 9.28. The molecule has 1 atom stereocenters. The molecule has 0 aromatic heterocycles. The highest BCUT2D eigenvalue weighted by atomic mass is 35.5. The van der Waals surface area contributed by atoms with Crippen LogP contribution in [-0.4, -0.2) is 40.2 Å². The van der Waals surface area contributed by atoms with Crippen LogP contribution < -0.4 is 4.72 Å². The largest absolute Gasteiger partial charge is 0.480 e. The summed E-state index contributed by atoms with van der Waals surface area (Å²) in [6.45, 7) is 1.86. The molecule has 0 radical (unpaired) electrons. The summed E-state index contributed by atoms with van der Waals surface area (Å²) < 4.78 is 50.2. The normalized spacial score (nSPS) is 13.6. The highest BCUT2D eigenvalue weighted by Gasteiger charge is 2.27. The van der Waals surface area contributed by atoms with E-state index in [4.69, 9.17) is 11.6 Å². The fourth-order valence-corrected chi connectivity index (χ4v) is 4.70. The topological polar surface area (TPSA) is 118 Å². The van der Waals surface area contributed by atoms with Gasteiger partial charge in [0.05, 0.1) is 10.6 Å². The van der Waals surface area contributed by atoms with Crippen LogP contribution in [0.15, 0.2) is 23.1 Å². The van der Waals surface area contributed by atoms with E-state index in [1.165, 1.54) is 12.1 Å². The molecular formula is C14H20ClNO6S2. The van der Waals surface area contributed by atoms with E-state index < -0.39 is 37.6 Å². The zero-order valence-electron chi connectivity index (χ0n) is 13.3. The summed E-state index contributed by atoms with van der Waals surface area (Å²) in [5.41, 5.74) is 0.0361. The fraction of sp³-hybridized carbons (Fsp3) is 0.500. The predicted molar refractivity (Wildman–Crippen MR) is 91.3 cm³/mol. The number of hydrogen-bond donors (Lipinski definition) is 2. The third-order valence-electron chi connectivity index (χ3n) is 3.18. The van der Waals surface area contributed by atoms with Crippen LogP contribution in [0.1, 0.15) is 31.7 Å². The van der Waals surface area contributed by atoms with Crippen molar-refractivity contribution in [1.29, 1.82) is 0 Å². The first-order valence-corrected chi connectivity index (χ1v) is 11.1. The first kappa shape index (κ1) is 20.9. The number of hydrogen-bond acceptors (Lipinski definition) is 5. The fourth-order valence-electron chi connectivity index (χ4n) is 2.07. The van der Waals surface area contributed by atoms with Gasteiger partial charge < -0.3 is 5.11 Å². The predicted octanol–water partition coefficient (Wildman–Crippen LogP) is 1.81. The maximum absolute atomic E-state index is 12.5. The number of halogens is 1. The van der Waals surface area contributed by atoms with E-state index in [9.17, 15) is 26.7 Å². The zero-order valence-corrected chi connectivity index (χ0v) is 15.7. The highest BCUT2D eigenvalue weighted by Crippen LogP contribution is 2.23. The van der Waals surface area contributed by atoms with Crippen LogP contribution in [0.25, 0.3) is 0 Å². The van der Waals surface area contributed by atoms with Gasteiger partial charge in [0.15, 0.2) is 9.84 Å². The summed E-state index contributed by atoms with van der Waals surface area (Å²) in [4.78, 5) is 10.9. The molecule has 0 aliphatic carbocycles. The smallest absolute Gasteiger partial charge is 0.321 e. The Hall–Kier alpha value is -1.16. The van der Waals surface area contributed by atoms with Crippen molar-refractivity contribution in [3.05, 3.63) is 28.8 Å². The van der Waals surface area contributed by atoms with Crippen LogP contribution in [-0.2, 0) is 30.4 Å². The van der Waals surface area contributed by atoms with E-state index in [0.29, 0.717) is 12.8 Å². The van der Waals surface area contributed by atoms with E-state index in [1.54, 1.807) is 0 Å². The molecule has 0 amide bonds. The Morgan fingerprint density at radius 2 is 1.92 bits per heavy atom. The molecule has 0 saturated carbocycles. The van der Waals surface area contributed by atoms with Gasteiger partial charge in [0.2, 0.25) is 10.0 Å². The van der Waals surface area contributed by atoms with Crippen molar-refractivity contribution in [3.63, 3.8) is 0 Å². The average molecular weight is 398 g/mol. The molecule has 136 valence electrons. The monoisotopic (exact) mass is 397 g/mol. The van der Waals surface area contributed by atoms with Crippen molar-refractivity contribution in [2.75, 3.05) is 6.26 Å². The van der Waals surface area contributed by atoms with Gasteiger partial charge in [-0.15, -0.1) is 0 Å². The van der Waals surface area contributed by atoms with Gasteiger partial charge in [-0.25, -0.2) is 16.8 Å². The molecular weight excluding hydrogens is 378 g/mol. The number of sulfone groups is 1. The van der Waals surface area contributed by atoms with Crippen molar-refractivity contribution in [3.8, 4) is 0 Å². The number of aliphatic carboxylic acids is 1. The van der Waals surface area contributed by atoms with E-state index >= 15 is 0 Å².